The van der Waals surface area contributed by atoms with E-state index in [0.717, 1.165) is 52.3 Å². The molecule has 0 saturated heterocycles. The van der Waals surface area contributed by atoms with E-state index in [9.17, 15) is 9.18 Å². The molecule has 4 aromatic heterocycles. The Kier molecular flexibility index (Phi) is 3.90. The van der Waals surface area contributed by atoms with Gasteiger partial charge in [0, 0.05) is 60.5 Å². The fraction of sp³-hybridized carbons (Fsp3) is 0.250. The summed E-state index contributed by atoms with van der Waals surface area (Å²) in [7, 11) is 0. The van der Waals surface area contributed by atoms with E-state index < -0.39 is 5.95 Å². The number of aryl methyl sites for hydroxylation is 2. The highest BCUT2D eigenvalue weighted by atomic mass is 19.1. The monoisotopic (exact) mass is 391 g/mol. The molecule has 0 bridgehead atoms. The second-order valence-electron chi connectivity index (χ2n) is 7.27. The highest BCUT2D eigenvalue weighted by Crippen LogP contribution is 2.29. The highest BCUT2D eigenvalue weighted by molar-refractivity contribution is 5.66. The highest BCUT2D eigenvalue weighted by Gasteiger charge is 2.22. The molecule has 5 rings (SSSR count). The minimum Gasteiger partial charge on any atom is -0.351 e. The van der Waals surface area contributed by atoms with Gasteiger partial charge in [-0.15, -0.1) is 5.10 Å². The molecule has 1 aliphatic rings. The van der Waals surface area contributed by atoms with Gasteiger partial charge in [0.1, 0.15) is 5.82 Å². The number of halogens is 1. The zero-order chi connectivity index (χ0) is 20.1. The van der Waals surface area contributed by atoms with Gasteiger partial charge in [-0.05, 0) is 37.1 Å². The van der Waals surface area contributed by atoms with Gasteiger partial charge < -0.3 is 4.90 Å². The Bertz CT molecular complexity index is 1310. The zero-order valence-electron chi connectivity index (χ0n) is 16.0. The van der Waals surface area contributed by atoms with Crippen LogP contribution >= 0.6 is 0 Å². The Labute approximate surface area is 165 Å². The predicted molar refractivity (Wildman–Crippen MR) is 105 cm³/mol. The number of pyridine rings is 2. The van der Waals surface area contributed by atoms with Crippen LogP contribution in [0.1, 0.15) is 22.4 Å². The van der Waals surface area contributed by atoms with Gasteiger partial charge in [0.25, 0.3) is 5.78 Å². The third-order valence-electron chi connectivity index (χ3n) is 5.29. The number of rotatable bonds is 2. The van der Waals surface area contributed by atoms with Gasteiger partial charge >= 0.3 is 5.69 Å². The molecular formula is C20H18FN7O. The van der Waals surface area contributed by atoms with Crippen LogP contribution in [-0.2, 0) is 13.0 Å². The van der Waals surface area contributed by atoms with Crippen molar-refractivity contribution in [1.29, 1.82) is 0 Å². The number of fused-ring (bicyclic) bond motifs is 2. The maximum Gasteiger partial charge on any atom is 0.348 e. The third-order valence-corrected chi connectivity index (χ3v) is 5.29. The SMILES string of the molecule is Cc1cc(F)ncc1-c1cnc2c(c1)CN(c1nc3n[nH]c(=O)n3cc1C)CC2. The van der Waals surface area contributed by atoms with Crippen molar-refractivity contribution >= 4 is 11.6 Å². The number of H-pyrrole nitrogens is 1. The molecule has 0 saturated carbocycles. The number of hydrogen-bond acceptors (Lipinski definition) is 6. The van der Waals surface area contributed by atoms with Gasteiger partial charge in [-0.2, -0.15) is 9.37 Å². The van der Waals surface area contributed by atoms with E-state index in [-0.39, 0.29) is 5.69 Å². The predicted octanol–water partition coefficient (Wildman–Crippen LogP) is 2.19. The largest absolute Gasteiger partial charge is 0.351 e. The summed E-state index contributed by atoms with van der Waals surface area (Å²) in [5, 5.41) is 6.39. The first-order chi connectivity index (χ1) is 14.0. The molecule has 0 atom stereocenters. The molecule has 0 radical (unpaired) electrons. The number of aromatic nitrogens is 6. The van der Waals surface area contributed by atoms with Crippen LogP contribution in [0.4, 0.5) is 10.2 Å². The average Bonchev–Trinajstić information content (AvgIpc) is 3.06. The normalized spacial score (nSPS) is 13.7. The van der Waals surface area contributed by atoms with Crippen LogP contribution in [0.5, 0.6) is 0 Å². The molecule has 5 heterocycles. The molecule has 0 aliphatic carbocycles. The Hall–Kier alpha value is -3.62. The Balaban J connectivity index is 1.52. The molecule has 8 nitrogen and oxygen atoms in total. The van der Waals surface area contributed by atoms with Crippen LogP contribution in [0.15, 0.2) is 35.5 Å². The van der Waals surface area contributed by atoms with E-state index in [1.165, 1.54) is 10.5 Å². The van der Waals surface area contributed by atoms with Crippen LogP contribution < -0.4 is 10.6 Å². The first-order valence-corrected chi connectivity index (χ1v) is 9.29. The lowest BCUT2D eigenvalue weighted by Gasteiger charge is -2.30. The summed E-state index contributed by atoms with van der Waals surface area (Å²) in [6.45, 7) is 5.21. The van der Waals surface area contributed by atoms with Crippen molar-refractivity contribution in [2.45, 2.75) is 26.8 Å². The van der Waals surface area contributed by atoms with Crippen molar-refractivity contribution in [3.8, 4) is 11.1 Å². The van der Waals surface area contributed by atoms with Gasteiger partial charge in [0.05, 0.1) is 0 Å². The van der Waals surface area contributed by atoms with Crippen molar-refractivity contribution in [3.63, 3.8) is 0 Å². The third kappa shape index (κ3) is 2.95. The van der Waals surface area contributed by atoms with Crippen molar-refractivity contribution < 1.29 is 4.39 Å². The van der Waals surface area contributed by atoms with Gasteiger partial charge in [-0.3, -0.25) is 4.98 Å². The summed E-state index contributed by atoms with van der Waals surface area (Å²) in [5.41, 5.74) is 5.33. The molecule has 146 valence electrons. The van der Waals surface area contributed by atoms with Gasteiger partial charge in [-0.1, -0.05) is 0 Å². The average molecular weight is 391 g/mol. The molecule has 9 heteroatoms. The van der Waals surface area contributed by atoms with Crippen molar-refractivity contribution in [2.24, 2.45) is 0 Å². The topological polar surface area (TPSA) is 92.1 Å². The molecule has 29 heavy (non-hydrogen) atoms. The second-order valence-corrected chi connectivity index (χ2v) is 7.27. The van der Waals surface area contributed by atoms with E-state index in [2.05, 4.69) is 36.1 Å². The summed E-state index contributed by atoms with van der Waals surface area (Å²) in [6.07, 6.45) is 5.91. The summed E-state index contributed by atoms with van der Waals surface area (Å²) in [6, 6.07) is 3.51. The van der Waals surface area contributed by atoms with Crippen LogP contribution in [0.3, 0.4) is 0 Å². The van der Waals surface area contributed by atoms with Gasteiger partial charge in [-0.25, -0.2) is 19.3 Å². The summed E-state index contributed by atoms with van der Waals surface area (Å²) in [4.78, 5) is 26.9. The number of nitrogens with one attached hydrogen (secondary N) is 1. The van der Waals surface area contributed by atoms with E-state index in [4.69, 9.17) is 0 Å². The molecule has 0 spiro atoms. The lowest BCUT2D eigenvalue weighted by atomic mass is 9.99. The Morgan fingerprint density at radius 1 is 1.14 bits per heavy atom. The van der Waals surface area contributed by atoms with E-state index in [1.54, 1.807) is 12.4 Å². The second kappa shape index (κ2) is 6.47. The molecule has 0 amide bonds. The smallest absolute Gasteiger partial charge is 0.348 e. The van der Waals surface area contributed by atoms with Crippen LogP contribution in [0.2, 0.25) is 0 Å². The first kappa shape index (κ1) is 17.5. The van der Waals surface area contributed by atoms with Crippen molar-refractivity contribution in [2.75, 3.05) is 11.4 Å². The van der Waals surface area contributed by atoms with E-state index in [1.807, 2.05) is 20.0 Å². The quantitative estimate of drug-likeness (QED) is 0.527. The minimum absolute atomic E-state index is 0.303. The molecular weight excluding hydrogens is 373 g/mol. The van der Waals surface area contributed by atoms with E-state index >= 15 is 0 Å². The molecule has 0 fully saturated rings. The van der Waals surface area contributed by atoms with Gasteiger partial charge in [0.2, 0.25) is 5.95 Å². The summed E-state index contributed by atoms with van der Waals surface area (Å²) in [5.74, 6) is 0.659. The molecule has 0 aromatic carbocycles. The maximum absolute atomic E-state index is 13.4. The minimum atomic E-state index is -0.488. The number of nitrogens with zero attached hydrogens (tertiary/aromatic N) is 6. The zero-order valence-corrected chi connectivity index (χ0v) is 16.0. The van der Waals surface area contributed by atoms with Crippen molar-refractivity contribution in [3.05, 3.63) is 69.5 Å². The fourth-order valence-corrected chi connectivity index (χ4v) is 3.82. The first-order valence-electron chi connectivity index (χ1n) is 9.29. The van der Waals surface area contributed by atoms with Gasteiger partial charge in [0.15, 0.2) is 0 Å². The number of anilines is 1. The fourth-order valence-electron chi connectivity index (χ4n) is 3.82. The summed E-state index contributed by atoms with van der Waals surface area (Å²) < 4.78 is 14.8. The molecule has 1 N–H and O–H groups in total. The maximum atomic E-state index is 13.4. The van der Waals surface area contributed by atoms with Crippen LogP contribution in [-0.4, -0.2) is 36.1 Å². The molecule has 0 unspecified atom stereocenters. The standard InChI is InChI=1S/C20H18FN7O/c1-11-5-17(21)23-8-15(11)13-6-14-10-27(4-3-16(14)22-7-13)18-12(2)9-28-19(24-18)25-26-20(28)29/h5-9H,3-4,10H2,1-2H3,(H,26,29). The Morgan fingerprint density at radius 2 is 2.00 bits per heavy atom. The van der Waals surface area contributed by atoms with E-state index in [0.29, 0.717) is 12.3 Å². The molecule has 1 aliphatic heterocycles. The van der Waals surface area contributed by atoms with Crippen molar-refractivity contribution in [1.82, 2.24) is 29.5 Å². The number of aromatic amines is 1. The van der Waals surface area contributed by atoms with Crippen LogP contribution in [0.25, 0.3) is 16.9 Å². The lowest BCUT2D eigenvalue weighted by Crippen LogP contribution is -2.32. The number of hydrogen-bond donors (Lipinski definition) is 1. The Morgan fingerprint density at radius 3 is 2.83 bits per heavy atom. The van der Waals surface area contributed by atoms with Crippen LogP contribution in [0, 0.1) is 19.8 Å². The molecule has 4 aromatic rings. The summed E-state index contributed by atoms with van der Waals surface area (Å²) >= 11 is 0. The lowest BCUT2D eigenvalue weighted by molar-refractivity contribution is 0.583.